The predicted molar refractivity (Wildman–Crippen MR) is 80.6 cm³/mol. The molecule has 2 N–H and O–H groups in total. The van der Waals surface area contributed by atoms with Gasteiger partial charge in [-0.15, -0.1) is 0 Å². The van der Waals surface area contributed by atoms with Gasteiger partial charge in [0.05, 0.1) is 0 Å². The zero-order valence-electron chi connectivity index (χ0n) is 10.6. The number of hydrogen-bond acceptors (Lipinski definition) is 3. The van der Waals surface area contributed by atoms with E-state index < -0.39 is 0 Å². The Morgan fingerprint density at radius 1 is 1.26 bits per heavy atom. The van der Waals surface area contributed by atoms with Crippen molar-refractivity contribution in [1.29, 1.82) is 0 Å². The minimum Gasteiger partial charge on any atom is -0.352 e. The van der Waals surface area contributed by atoms with E-state index in [1.165, 1.54) is 5.56 Å². The molecule has 0 radical (unpaired) electrons. The summed E-state index contributed by atoms with van der Waals surface area (Å²) in [5.41, 5.74) is 2.31. The lowest BCUT2D eigenvalue weighted by molar-refractivity contribution is 0.808. The molecule has 2 aromatic rings. The Balaban J connectivity index is 1.81. The Morgan fingerprint density at radius 2 is 2.05 bits per heavy atom. The van der Waals surface area contributed by atoms with Gasteiger partial charge >= 0.3 is 0 Å². The number of aliphatic imine (C=N–C) groups is 1. The monoisotopic (exact) mass is 294 g/mol. The van der Waals surface area contributed by atoms with E-state index in [0.29, 0.717) is 11.7 Å². The molecule has 0 fully saturated rings. The summed E-state index contributed by atoms with van der Waals surface area (Å²) in [5, 5.41) is 11.2. The van der Waals surface area contributed by atoms with Crippen LogP contribution in [0.4, 0.5) is 0 Å². The second-order valence-electron chi connectivity index (χ2n) is 3.90. The van der Waals surface area contributed by atoms with Gasteiger partial charge in [-0.3, -0.25) is 4.99 Å². The molecule has 0 atom stereocenters. The SMILES string of the molecule is CN=C(NCc1ccc(Cl)nc1)NCc1ccsc1. The molecule has 6 heteroatoms. The maximum absolute atomic E-state index is 5.74. The van der Waals surface area contributed by atoms with Gasteiger partial charge in [0, 0.05) is 26.3 Å². The van der Waals surface area contributed by atoms with E-state index in [1.807, 2.05) is 6.07 Å². The number of rotatable bonds is 4. The van der Waals surface area contributed by atoms with Crippen LogP contribution in [0.25, 0.3) is 0 Å². The quantitative estimate of drug-likeness (QED) is 0.518. The highest BCUT2D eigenvalue weighted by molar-refractivity contribution is 7.07. The van der Waals surface area contributed by atoms with Crippen LogP contribution in [0.3, 0.4) is 0 Å². The molecule has 0 aromatic carbocycles. The van der Waals surface area contributed by atoms with Crippen molar-refractivity contribution in [2.45, 2.75) is 13.1 Å². The number of halogens is 1. The summed E-state index contributed by atoms with van der Waals surface area (Å²) in [6.07, 6.45) is 1.75. The van der Waals surface area contributed by atoms with Gasteiger partial charge in [-0.25, -0.2) is 4.98 Å². The molecule has 2 rings (SSSR count). The lowest BCUT2D eigenvalue weighted by Crippen LogP contribution is -2.36. The number of guanidine groups is 1. The van der Waals surface area contributed by atoms with Crippen LogP contribution in [0, 0.1) is 0 Å². The van der Waals surface area contributed by atoms with Crippen LogP contribution >= 0.6 is 22.9 Å². The molecular weight excluding hydrogens is 280 g/mol. The van der Waals surface area contributed by atoms with Gasteiger partial charge in [0.15, 0.2) is 5.96 Å². The molecule has 2 aromatic heterocycles. The van der Waals surface area contributed by atoms with Crippen LogP contribution in [0.5, 0.6) is 0 Å². The summed E-state index contributed by atoms with van der Waals surface area (Å²) in [6, 6.07) is 5.81. The smallest absolute Gasteiger partial charge is 0.191 e. The zero-order valence-corrected chi connectivity index (χ0v) is 12.1. The number of pyridine rings is 1. The van der Waals surface area contributed by atoms with Crippen molar-refractivity contribution >= 4 is 28.9 Å². The second kappa shape index (κ2) is 7.11. The Bertz CT molecular complexity index is 522. The van der Waals surface area contributed by atoms with Gasteiger partial charge in [0.2, 0.25) is 0 Å². The molecule has 0 amide bonds. The normalized spacial score (nSPS) is 11.4. The van der Waals surface area contributed by atoms with E-state index in [0.717, 1.165) is 18.1 Å². The minimum atomic E-state index is 0.503. The molecule has 4 nitrogen and oxygen atoms in total. The molecule has 100 valence electrons. The topological polar surface area (TPSA) is 49.3 Å². The van der Waals surface area contributed by atoms with Crippen molar-refractivity contribution in [3.63, 3.8) is 0 Å². The van der Waals surface area contributed by atoms with Gasteiger partial charge in [-0.1, -0.05) is 17.7 Å². The van der Waals surface area contributed by atoms with Crippen LogP contribution in [0.2, 0.25) is 5.15 Å². The van der Waals surface area contributed by atoms with Crippen LogP contribution in [-0.2, 0) is 13.1 Å². The molecule has 19 heavy (non-hydrogen) atoms. The first-order chi connectivity index (χ1) is 9.28. The third-order valence-corrected chi connectivity index (χ3v) is 3.47. The number of nitrogens with one attached hydrogen (secondary N) is 2. The van der Waals surface area contributed by atoms with E-state index in [4.69, 9.17) is 11.6 Å². The molecule has 2 heterocycles. The van der Waals surface area contributed by atoms with Gasteiger partial charge in [0.25, 0.3) is 0 Å². The molecule has 0 aliphatic rings. The van der Waals surface area contributed by atoms with Crippen molar-refractivity contribution < 1.29 is 0 Å². The molecule has 0 aliphatic carbocycles. The fourth-order valence-electron chi connectivity index (χ4n) is 1.50. The van der Waals surface area contributed by atoms with E-state index in [2.05, 4.69) is 37.4 Å². The zero-order chi connectivity index (χ0) is 13.5. The average molecular weight is 295 g/mol. The number of hydrogen-bond donors (Lipinski definition) is 2. The molecule has 0 unspecified atom stereocenters. The standard InChI is InChI=1S/C13H15ClN4S/c1-15-13(18-8-11-4-5-19-9-11)17-7-10-2-3-12(14)16-6-10/h2-6,9H,7-8H2,1H3,(H2,15,17,18). The fraction of sp³-hybridized carbons (Fsp3) is 0.231. The summed E-state index contributed by atoms with van der Waals surface area (Å²) in [7, 11) is 1.75. The summed E-state index contributed by atoms with van der Waals surface area (Å²) in [4.78, 5) is 8.21. The van der Waals surface area contributed by atoms with Crippen molar-refractivity contribution in [3.05, 3.63) is 51.4 Å². The van der Waals surface area contributed by atoms with Gasteiger partial charge in [-0.05, 0) is 34.0 Å². The van der Waals surface area contributed by atoms with Crippen LogP contribution in [0.15, 0.2) is 40.1 Å². The van der Waals surface area contributed by atoms with Gasteiger partial charge in [-0.2, -0.15) is 11.3 Å². The van der Waals surface area contributed by atoms with Gasteiger partial charge < -0.3 is 10.6 Å². The Hall–Kier alpha value is -1.59. The lowest BCUT2D eigenvalue weighted by atomic mass is 10.3. The Labute approximate surface area is 121 Å². The maximum Gasteiger partial charge on any atom is 0.191 e. The van der Waals surface area contributed by atoms with Gasteiger partial charge in [0.1, 0.15) is 5.15 Å². The van der Waals surface area contributed by atoms with Crippen LogP contribution < -0.4 is 10.6 Å². The minimum absolute atomic E-state index is 0.503. The molecule has 0 bridgehead atoms. The van der Waals surface area contributed by atoms with E-state index in [9.17, 15) is 0 Å². The Morgan fingerprint density at radius 3 is 2.63 bits per heavy atom. The summed E-state index contributed by atoms with van der Waals surface area (Å²) >= 11 is 7.43. The Kier molecular flexibility index (Phi) is 5.18. The largest absolute Gasteiger partial charge is 0.352 e. The first-order valence-corrected chi connectivity index (χ1v) is 7.16. The highest BCUT2D eigenvalue weighted by Crippen LogP contribution is 2.06. The third-order valence-electron chi connectivity index (χ3n) is 2.51. The van der Waals surface area contributed by atoms with Crippen LogP contribution in [0.1, 0.15) is 11.1 Å². The first kappa shape index (κ1) is 13.8. The van der Waals surface area contributed by atoms with Crippen molar-refractivity contribution in [1.82, 2.24) is 15.6 Å². The first-order valence-electron chi connectivity index (χ1n) is 5.84. The average Bonchev–Trinajstić information content (AvgIpc) is 2.94. The summed E-state index contributed by atoms with van der Waals surface area (Å²) in [6.45, 7) is 1.43. The summed E-state index contributed by atoms with van der Waals surface area (Å²) < 4.78 is 0. The van der Waals surface area contributed by atoms with E-state index >= 15 is 0 Å². The van der Waals surface area contributed by atoms with Crippen molar-refractivity contribution in [2.24, 2.45) is 4.99 Å². The lowest BCUT2D eigenvalue weighted by Gasteiger charge is -2.11. The molecule has 0 spiro atoms. The predicted octanol–water partition coefficient (Wildman–Crippen LogP) is 2.66. The highest BCUT2D eigenvalue weighted by Gasteiger charge is 1.99. The van der Waals surface area contributed by atoms with E-state index in [-0.39, 0.29) is 0 Å². The number of nitrogens with zero attached hydrogens (tertiary/aromatic N) is 2. The molecule has 0 aliphatic heterocycles. The molecule has 0 saturated heterocycles. The van der Waals surface area contributed by atoms with Crippen molar-refractivity contribution in [2.75, 3.05) is 7.05 Å². The van der Waals surface area contributed by atoms with Crippen LogP contribution in [-0.4, -0.2) is 18.0 Å². The molecular formula is C13H15ClN4S. The summed E-state index contributed by atoms with van der Waals surface area (Å²) in [5.74, 6) is 0.765. The molecule has 0 saturated carbocycles. The van der Waals surface area contributed by atoms with E-state index in [1.54, 1.807) is 30.6 Å². The fourth-order valence-corrected chi connectivity index (χ4v) is 2.28. The maximum atomic E-state index is 5.74. The second-order valence-corrected chi connectivity index (χ2v) is 5.07. The highest BCUT2D eigenvalue weighted by atomic mass is 35.5. The third kappa shape index (κ3) is 4.54. The van der Waals surface area contributed by atoms with Crippen molar-refractivity contribution in [3.8, 4) is 0 Å². The number of thiophene rings is 1. The number of aromatic nitrogens is 1.